The molecular formula is C13H25NO. The van der Waals surface area contributed by atoms with Crippen molar-refractivity contribution in [3.8, 4) is 0 Å². The summed E-state index contributed by atoms with van der Waals surface area (Å²) in [4.78, 5) is 2.45. The molecule has 0 saturated heterocycles. The van der Waals surface area contributed by atoms with Gasteiger partial charge in [0.25, 0.3) is 0 Å². The van der Waals surface area contributed by atoms with Gasteiger partial charge < -0.3 is 5.11 Å². The van der Waals surface area contributed by atoms with E-state index in [0.717, 1.165) is 12.6 Å². The van der Waals surface area contributed by atoms with Crippen LogP contribution in [0.3, 0.4) is 0 Å². The molecule has 1 rings (SSSR count). The summed E-state index contributed by atoms with van der Waals surface area (Å²) in [6.45, 7) is 5.74. The van der Waals surface area contributed by atoms with Crippen LogP contribution >= 0.6 is 0 Å². The fraction of sp³-hybridized carbons (Fsp3) is 0.846. The smallest absolute Gasteiger partial charge is 0.0459 e. The average molecular weight is 211 g/mol. The minimum absolute atomic E-state index is 0.379. The van der Waals surface area contributed by atoms with Crippen LogP contribution in [0.1, 0.15) is 39.5 Å². The van der Waals surface area contributed by atoms with Crippen LogP contribution in [0.25, 0.3) is 0 Å². The first-order valence-corrected chi connectivity index (χ1v) is 6.08. The Kier molecular flexibility index (Phi) is 5.34. The molecule has 0 amide bonds. The molecule has 0 unspecified atom stereocenters. The Balaban J connectivity index is 2.29. The number of hydrogen-bond donors (Lipinski definition) is 1. The highest BCUT2D eigenvalue weighted by Crippen LogP contribution is 2.26. The molecule has 88 valence electrons. The molecule has 2 heteroatoms. The minimum Gasteiger partial charge on any atom is -0.396 e. The predicted octanol–water partition coefficient (Wildman–Crippen LogP) is 2.44. The molecule has 1 aliphatic rings. The Labute approximate surface area is 94.0 Å². The van der Waals surface area contributed by atoms with E-state index in [0.29, 0.717) is 12.5 Å². The fourth-order valence-corrected chi connectivity index (χ4v) is 2.24. The van der Waals surface area contributed by atoms with Crippen molar-refractivity contribution in [1.82, 2.24) is 4.90 Å². The van der Waals surface area contributed by atoms with Crippen molar-refractivity contribution in [2.45, 2.75) is 45.6 Å². The molecule has 1 fully saturated rings. The molecule has 0 spiro atoms. The van der Waals surface area contributed by atoms with Crippen molar-refractivity contribution in [3.63, 3.8) is 0 Å². The third kappa shape index (κ3) is 4.35. The molecule has 0 aromatic rings. The van der Waals surface area contributed by atoms with E-state index >= 15 is 0 Å². The molecule has 1 N–H and O–H groups in total. The minimum atomic E-state index is 0.379. The first-order chi connectivity index (χ1) is 7.13. The second-order valence-corrected chi connectivity index (χ2v) is 5.08. The average Bonchev–Trinajstić information content (AvgIpc) is 2.26. The van der Waals surface area contributed by atoms with Crippen LogP contribution in [-0.4, -0.2) is 36.2 Å². The number of likely N-dealkylation sites (N-methyl/N-ethyl adjacent to an activating group) is 1. The SMILES string of the molecule is CC(C)=CCN(C)C1CCC(CO)CC1. The number of rotatable bonds is 4. The molecule has 0 aliphatic heterocycles. The number of aliphatic hydroxyl groups excluding tert-OH is 1. The third-order valence-corrected chi connectivity index (χ3v) is 3.49. The number of hydrogen-bond acceptors (Lipinski definition) is 2. The van der Waals surface area contributed by atoms with Crippen molar-refractivity contribution in [2.24, 2.45) is 5.92 Å². The highest BCUT2D eigenvalue weighted by atomic mass is 16.3. The molecule has 0 bridgehead atoms. The Morgan fingerprint density at radius 2 is 1.87 bits per heavy atom. The van der Waals surface area contributed by atoms with E-state index in [2.05, 4.69) is 31.9 Å². The molecule has 2 nitrogen and oxygen atoms in total. The van der Waals surface area contributed by atoms with Gasteiger partial charge in [-0.25, -0.2) is 0 Å². The summed E-state index contributed by atoms with van der Waals surface area (Å²) >= 11 is 0. The van der Waals surface area contributed by atoms with Crippen LogP contribution in [0, 0.1) is 5.92 Å². The predicted molar refractivity (Wildman–Crippen MR) is 64.9 cm³/mol. The largest absolute Gasteiger partial charge is 0.396 e. The molecular weight excluding hydrogens is 186 g/mol. The van der Waals surface area contributed by atoms with Gasteiger partial charge in [0.2, 0.25) is 0 Å². The van der Waals surface area contributed by atoms with Gasteiger partial charge in [0.05, 0.1) is 0 Å². The summed E-state index contributed by atoms with van der Waals surface area (Å²) in [6.07, 6.45) is 7.18. The Bertz CT molecular complexity index is 201. The second-order valence-electron chi connectivity index (χ2n) is 5.08. The van der Waals surface area contributed by atoms with Crippen LogP contribution < -0.4 is 0 Å². The van der Waals surface area contributed by atoms with Gasteiger partial charge in [-0.15, -0.1) is 0 Å². The van der Waals surface area contributed by atoms with E-state index in [4.69, 9.17) is 5.11 Å². The summed E-state index contributed by atoms with van der Waals surface area (Å²) in [6, 6.07) is 0.725. The second kappa shape index (κ2) is 6.29. The molecule has 15 heavy (non-hydrogen) atoms. The van der Waals surface area contributed by atoms with Gasteiger partial charge in [0.1, 0.15) is 0 Å². The summed E-state index contributed by atoms with van der Waals surface area (Å²) < 4.78 is 0. The number of aliphatic hydroxyl groups is 1. The number of allylic oxidation sites excluding steroid dienone is 1. The van der Waals surface area contributed by atoms with Crippen molar-refractivity contribution >= 4 is 0 Å². The van der Waals surface area contributed by atoms with Crippen molar-refractivity contribution in [1.29, 1.82) is 0 Å². The van der Waals surface area contributed by atoms with Crippen LogP contribution in [-0.2, 0) is 0 Å². The summed E-state index contributed by atoms with van der Waals surface area (Å²) in [7, 11) is 2.21. The zero-order chi connectivity index (χ0) is 11.3. The summed E-state index contributed by atoms with van der Waals surface area (Å²) in [5.74, 6) is 0.568. The summed E-state index contributed by atoms with van der Waals surface area (Å²) in [5.41, 5.74) is 1.39. The van der Waals surface area contributed by atoms with E-state index < -0.39 is 0 Å². The van der Waals surface area contributed by atoms with Gasteiger partial charge in [-0.2, -0.15) is 0 Å². The Hall–Kier alpha value is -0.340. The molecule has 0 heterocycles. The van der Waals surface area contributed by atoms with Crippen LogP contribution in [0.4, 0.5) is 0 Å². The monoisotopic (exact) mass is 211 g/mol. The normalized spacial score (nSPS) is 26.7. The van der Waals surface area contributed by atoms with Crippen molar-refractivity contribution in [3.05, 3.63) is 11.6 Å². The van der Waals surface area contributed by atoms with Gasteiger partial charge in [0.15, 0.2) is 0 Å². The lowest BCUT2D eigenvalue weighted by molar-refractivity contribution is 0.134. The van der Waals surface area contributed by atoms with Crippen LogP contribution in [0.15, 0.2) is 11.6 Å². The van der Waals surface area contributed by atoms with E-state index in [1.807, 2.05) is 0 Å². The zero-order valence-corrected chi connectivity index (χ0v) is 10.4. The zero-order valence-electron chi connectivity index (χ0n) is 10.4. The van der Waals surface area contributed by atoms with E-state index in [1.54, 1.807) is 0 Å². The van der Waals surface area contributed by atoms with Gasteiger partial charge in [0, 0.05) is 19.2 Å². The third-order valence-electron chi connectivity index (χ3n) is 3.49. The Morgan fingerprint density at radius 1 is 1.27 bits per heavy atom. The molecule has 1 aliphatic carbocycles. The maximum Gasteiger partial charge on any atom is 0.0459 e. The highest BCUT2D eigenvalue weighted by Gasteiger charge is 2.22. The van der Waals surface area contributed by atoms with Gasteiger partial charge in [-0.1, -0.05) is 11.6 Å². The van der Waals surface area contributed by atoms with Crippen molar-refractivity contribution < 1.29 is 5.11 Å². The molecule has 0 aromatic carbocycles. The molecule has 0 radical (unpaired) electrons. The lowest BCUT2D eigenvalue weighted by Crippen LogP contribution is -2.35. The van der Waals surface area contributed by atoms with Crippen LogP contribution in [0.5, 0.6) is 0 Å². The van der Waals surface area contributed by atoms with E-state index in [1.165, 1.54) is 31.3 Å². The first kappa shape index (κ1) is 12.7. The molecule has 0 aromatic heterocycles. The number of nitrogens with zero attached hydrogens (tertiary/aromatic N) is 1. The van der Waals surface area contributed by atoms with E-state index in [9.17, 15) is 0 Å². The lowest BCUT2D eigenvalue weighted by Gasteiger charge is -2.33. The standard InChI is InChI=1S/C13H25NO/c1-11(2)8-9-14(3)13-6-4-12(10-15)5-7-13/h8,12-13,15H,4-7,9-10H2,1-3H3. The van der Waals surface area contributed by atoms with Gasteiger partial charge in [-0.3, -0.25) is 4.90 Å². The first-order valence-electron chi connectivity index (χ1n) is 6.08. The topological polar surface area (TPSA) is 23.5 Å². The van der Waals surface area contributed by atoms with Crippen LogP contribution in [0.2, 0.25) is 0 Å². The highest BCUT2D eigenvalue weighted by molar-refractivity contribution is 4.95. The maximum absolute atomic E-state index is 9.07. The maximum atomic E-state index is 9.07. The quantitative estimate of drug-likeness (QED) is 0.722. The van der Waals surface area contributed by atoms with Gasteiger partial charge in [-0.05, 0) is 52.5 Å². The molecule has 1 saturated carbocycles. The van der Waals surface area contributed by atoms with E-state index in [-0.39, 0.29) is 0 Å². The van der Waals surface area contributed by atoms with Gasteiger partial charge >= 0.3 is 0 Å². The lowest BCUT2D eigenvalue weighted by atomic mass is 9.86. The Morgan fingerprint density at radius 3 is 2.33 bits per heavy atom. The fourth-order valence-electron chi connectivity index (χ4n) is 2.24. The van der Waals surface area contributed by atoms with Crippen molar-refractivity contribution in [2.75, 3.05) is 20.2 Å². The summed E-state index contributed by atoms with van der Waals surface area (Å²) in [5, 5.41) is 9.07. The molecule has 0 atom stereocenters.